The second kappa shape index (κ2) is 3.43. The maximum Gasteiger partial charge on any atom is 0.252 e. The lowest BCUT2D eigenvalue weighted by atomic mass is 9.88. The van der Waals surface area contributed by atoms with Gasteiger partial charge in [0.25, 0.3) is 5.92 Å². The summed E-state index contributed by atoms with van der Waals surface area (Å²) >= 11 is 0. The second-order valence-electron chi connectivity index (χ2n) is 4.25. The number of alkyl halides is 2. The van der Waals surface area contributed by atoms with E-state index in [0.717, 1.165) is 16.9 Å². The van der Waals surface area contributed by atoms with Gasteiger partial charge >= 0.3 is 0 Å². The fourth-order valence-electron chi connectivity index (χ4n) is 1.83. The average molecular weight is 212 g/mol. The van der Waals surface area contributed by atoms with Crippen LogP contribution in [0.25, 0.3) is 0 Å². The minimum absolute atomic E-state index is 0.0691. The SMILES string of the molecule is Cc1cc(C)c(NC2CC(F)(F)C2)cn1. The van der Waals surface area contributed by atoms with Crippen molar-refractivity contribution in [2.75, 3.05) is 5.32 Å². The number of aryl methyl sites for hydroxylation is 2. The van der Waals surface area contributed by atoms with E-state index >= 15 is 0 Å². The third kappa shape index (κ3) is 2.25. The molecule has 0 aliphatic heterocycles. The fourth-order valence-corrected chi connectivity index (χ4v) is 1.83. The molecule has 0 amide bonds. The first-order valence-corrected chi connectivity index (χ1v) is 5.04. The van der Waals surface area contributed by atoms with Crippen LogP contribution in [0.15, 0.2) is 12.3 Å². The number of nitrogens with one attached hydrogen (secondary N) is 1. The topological polar surface area (TPSA) is 24.9 Å². The highest BCUT2D eigenvalue weighted by molar-refractivity contribution is 5.50. The largest absolute Gasteiger partial charge is 0.380 e. The quantitative estimate of drug-likeness (QED) is 0.815. The predicted molar refractivity (Wildman–Crippen MR) is 55.3 cm³/mol. The molecule has 1 N–H and O–H groups in total. The second-order valence-corrected chi connectivity index (χ2v) is 4.25. The summed E-state index contributed by atoms with van der Waals surface area (Å²) in [7, 11) is 0. The molecule has 1 aliphatic carbocycles. The number of nitrogens with zero attached hydrogens (tertiary/aromatic N) is 1. The normalized spacial score (nSPS) is 19.7. The van der Waals surface area contributed by atoms with Crippen molar-refractivity contribution < 1.29 is 8.78 Å². The summed E-state index contributed by atoms with van der Waals surface area (Å²) in [4.78, 5) is 4.14. The molecule has 0 unspecified atom stereocenters. The van der Waals surface area contributed by atoms with Gasteiger partial charge in [0.15, 0.2) is 0 Å². The maximum absolute atomic E-state index is 12.6. The van der Waals surface area contributed by atoms with Crippen LogP contribution in [0, 0.1) is 13.8 Å². The number of pyridine rings is 1. The van der Waals surface area contributed by atoms with Crippen molar-refractivity contribution in [3.05, 3.63) is 23.5 Å². The Morgan fingerprint density at radius 1 is 1.40 bits per heavy atom. The van der Waals surface area contributed by atoms with Gasteiger partial charge in [-0.2, -0.15) is 0 Å². The van der Waals surface area contributed by atoms with Crippen molar-refractivity contribution in [3.63, 3.8) is 0 Å². The third-order valence-corrected chi connectivity index (χ3v) is 2.70. The van der Waals surface area contributed by atoms with Gasteiger partial charge in [-0.15, -0.1) is 0 Å². The van der Waals surface area contributed by atoms with E-state index in [4.69, 9.17) is 0 Å². The number of anilines is 1. The number of hydrogen-bond acceptors (Lipinski definition) is 2. The molecule has 2 rings (SSSR count). The lowest BCUT2D eigenvalue weighted by molar-refractivity contribution is -0.0793. The van der Waals surface area contributed by atoms with E-state index in [9.17, 15) is 8.78 Å². The first-order valence-electron chi connectivity index (χ1n) is 5.04. The van der Waals surface area contributed by atoms with Crippen LogP contribution in [0.3, 0.4) is 0 Å². The Morgan fingerprint density at radius 3 is 2.60 bits per heavy atom. The highest BCUT2D eigenvalue weighted by Crippen LogP contribution is 2.39. The summed E-state index contributed by atoms with van der Waals surface area (Å²) in [6.07, 6.45) is 1.57. The van der Waals surface area contributed by atoms with Gasteiger partial charge in [0.2, 0.25) is 0 Å². The monoisotopic (exact) mass is 212 g/mol. The van der Waals surface area contributed by atoms with Crippen LogP contribution in [0.1, 0.15) is 24.1 Å². The van der Waals surface area contributed by atoms with Crippen LogP contribution in [0.2, 0.25) is 0 Å². The molecule has 0 radical (unpaired) electrons. The Kier molecular flexibility index (Phi) is 2.37. The fraction of sp³-hybridized carbons (Fsp3) is 0.545. The summed E-state index contributed by atoms with van der Waals surface area (Å²) in [5, 5.41) is 3.09. The van der Waals surface area contributed by atoms with E-state index in [2.05, 4.69) is 10.3 Å². The lowest BCUT2D eigenvalue weighted by Gasteiger charge is -2.36. The molecule has 0 bridgehead atoms. The number of rotatable bonds is 2. The molecular formula is C11H14F2N2. The van der Waals surface area contributed by atoms with Gasteiger partial charge in [0, 0.05) is 24.6 Å². The highest BCUT2D eigenvalue weighted by atomic mass is 19.3. The van der Waals surface area contributed by atoms with Gasteiger partial charge in [-0.3, -0.25) is 4.98 Å². The van der Waals surface area contributed by atoms with Crippen molar-refractivity contribution in [1.29, 1.82) is 0 Å². The van der Waals surface area contributed by atoms with Crippen LogP contribution < -0.4 is 5.32 Å². The highest BCUT2D eigenvalue weighted by Gasteiger charge is 2.45. The Hall–Kier alpha value is -1.19. The predicted octanol–water partition coefficient (Wildman–Crippen LogP) is 2.91. The van der Waals surface area contributed by atoms with Crippen molar-refractivity contribution in [2.24, 2.45) is 0 Å². The van der Waals surface area contributed by atoms with Crippen LogP contribution in [-0.4, -0.2) is 16.9 Å². The molecule has 0 atom stereocenters. The van der Waals surface area contributed by atoms with Crippen molar-refractivity contribution >= 4 is 5.69 Å². The molecule has 0 saturated heterocycles. The van der Waals surface area contributed by atoms with Gasteiger partial charge in [-0.1, -0.05) is 0 Å². The molecule has 1 aliphatic rings. The summed E-state index contributed by atoms with van der Waals surface area (Å²) in [5.41, 5.74) is 2.86. The maximum atomic E-state index is 12.6. The number of halogens is 2. The minimum atomic E-state index is -2.47. The molecule has 1 aromatic heterocycles. The molecule has 82 valence electrons. The number of hydrogen-bond donors (Lipinski definition) is 1. The van der Waals surface area contributed by atoms with Gasteiger partial charge in [-0.25, -0.2) is 8.78 Å². The van der Waals surface area contributed by atoms with Crippen LogP contribution >= 0.6 is 0 Å². The molecule has 4 heteroatoms. The molecule has 0 spiro atoms. The number of aromatic nitrogens is 1. The summed E-state index contributed by atoms with van der Waals surface area (Å²) in [5.74, 6) is -2.47. The third-order valence-electron chi connectivity index (χ3n) is 2.70. The van der Waals surface area contributed by atoms with Crippen LogP contribution in [0.5, 0.6) is 0 Å². The van der Waals surface area contributed by atoms with E-state index in [-0.39, 0.29) is 18.9 Å². The smallest absolute Gasteiger partial charge is 0.252 e. The Labute approximate surface area is 87.7 Å². The first-order chi connectivity index (χ1) is 6.96. The zero-order valence-electron chi connectivity index (χ0n) is 8.85. The van der Waals surface area contributed by atoms with Crippen molar-refractivity contribution in [1.82, 2.24) is 4.98 Å². The molecule has 0 aromatic carbocycles. The van der Waals surface area contributed by atoms with Crippen molar-refractivity contribution in [3.8, 4) is 0 Å². The average Bonchev–Trinajstić information content (AvgIpc) is 2.06. The zero-order chi connectivity index (χ0) is 11.1. The molecule has 2 nitrogen and oxygen atoms in total. The summed E-state index contributed by atoms with van der Waals surface area (Å²) < 4.78 is 25.2. The van der Waals surface area contributed by atoms with Gasteiger partial charge < -0.3 is 5.32 Å². The standard InChI is InChI=1S/C11H14F2N2/c1-7-3-8(2)14-6-10(7)15-9-4-11(12,13)5-9/h3,6,9,15H,4-5H2,1-2H3. The lowest BCUT2D eigenvalue weighted by Crippen LogP contribution is -2.44. The van der Waals surface area contributed by atoms with E-state index in [1.165, 1.54) is 0 Å². The van der Waals surface area contributed by atoms with Gasteiger partial charge in [0.05, 0.1) is 11.9 Å². The summed E-state index contributed by atoms with van der Waals surface area (Å²) in [6, 6.07) is 1.84. The Bertz CT molecular complexity index is 369. The Morgan fingerprint density at radius 2 is 2.07 bits per heavy atom. The van der Waals surface area contributed by atoms with Gasteiger partial charge in [0.1, 0.15) is 0 Å². The molecule has 1 aromatic rings. The van der Waals surface area contributed by atoms with Crippen LogP contribution in [0.4, 0.5) is 14.5 Å². The molecule has 1 fully saturated rings. The van der Waals surface area contributed by atoms with E-state index in [1.54, 1.807) is 6.20 Å². The van der Waals surface area contributed by atoms with E-state index in [0.29, 0.717) is 0 Å². The first kappa shape index (κ1) is 10.3. The van der Waals surface area contributed by atoms with E-state index < -0.39 is 5.92 Å². The summed E-state index contributed by atoms with van der Waals surface area (Å²) in [6.45, 7) is 3.86. The molecular weight excluding hydrogens is 198 g/mol. The van der Waals surface area contributed by atoms with Crippen LogP contribution in [-0.2, 0) is 0 Å². The molecule has 1 saturated carbocycles. The minimum Gasteiger partial charge on any atom is -0.380 e. The Balaban J connectivity index is 2.00. The zero-order valence-corrected chi connectivity index (χ0v) is 8.85. The van der Waals surface area contributed by atoms with Crippen molar-refractivity contribution in [2.45, 2.75) is 38.7 Å². The molecule has 1 heterocycles. The van der Waals surface area contributed by atoms with Gasteiger partial charge in [-0.05, 0) is 25.5 Å². The van der Waals surface area contributed by atoms with E-state index in [1.807, 2.05) is 19.9 Å². The molecule has 15 heavy (non-hydrogen) atoms.